The average Bonchev–Trinajstić information content (AvgIpc) is 2.33. The summed E-state index contributed by atoms with van der Waals surface area (Å²) in [6.45, 7) is 4.62. The van der Waals surface area contributed by atoms with Crippen LogP contribution in [0.2, 0.25) is 10.0 Å². The van der Waals surface area contributed by atoms with E-state index in [0.717, 1.165) is 19.5 Å². The standard InChI is InChI=1S/C14H18Cl2N2O/c1-10-3-2-6-18(8-10)9-14(19)17-13-5-4-11(15)7-12(13)16/h4-5,7,10H,2-3,6,8-9H2,1H3,(H,17,19)/t10-/m1/s1. The predicted octanol–water partition coefficient (Wildman–Crippen LogP) is 3.66. The number of nitrogens with one attached hydrogen (secondary N) is 1. The van der Waals surface area contributed by atoms with Crippen LogP contribution in [-0.4, -0.2) is 30.4 Å². The third-order valence-electron chi connectivity index (χ3n) is 3.31. The Morgan fingerprint density at radius 1 is 1.47 bits per heavy atom. The lowest BCUT2D eigenvalue weighted by Gasteiger charge is -2.30. The second-order valence-electron chi connectivity index (χ2n) is 5.15. The maximum absolute atomic E-state index is 12.0. The van der Waals surface area contributed by atoms with Crippen LogP contribution in [-0.2, 0) is 4.79 Å². The monoisotopic (exact) mass is 300 g/mol. The van der Waals surface area contributed by atoms with Crippen molar-refractivity contribution < 1.29 is 4.79 Å². The first-order valence-electron chi connectivity index (χ1n) is 6.52. The van der Waals surface area contributed by atoms with Gasteiger partial charge < -0.3 is 5.32 Å². The molecule has 3 nitrogen and oxygen atoms in total. The highest BCUT2D eigenvalue weighted by Gasteiger charge is 2.18. The van der Waals surface area contributed by atoms with Crippen LogP contribution >= 0.6 is 23.2 Å². The number of benzene rings is 1. The lowest BCUT2D eigenvalue weighted by molar-refractivity contribution is -0.117. The zero-order valence-corrected chi connectivity index (χ0v) is 12.5. The predicted molar refractivity (Wildman–Crippen MR) is 79.9 cm³/mol. The molecule has 104 valence electrons. The molecule has 1 aromatic carbocycles. The first kappa shape index (κ1) is 14.6. The van der Waals surface area contributed by atoms with Gasteiger partial charge in [-0.3, -0.25) is 9.69 Å². The topological polar surface area (TPSA) is 32.3 Å². The minimum Gasteiger partial charge on any atom is -0.324 e. The molecule has 1 aliphatic heterocycles. The molecule has 19 heavy (non-hydrogen) atoms. The van der Waals surface area contributed by atoms with Crippen molar-refractivity contribution >= 4 is 34.8 Å². The smallest absolute Gasteiger partial charge is 0.238 e. The molecule has 0 bridgehead atoms. The van der Waals surface area contributed by atoms with E-state index in [4.69, 9.17) is 23.2 Å². The number of nitrogens with zero attached hydrogens (tertiary/aromatic N) is 1. The zero-order chi connectivity index (χ0) is 13.8. The van der Waals surface area contributed by atoms with Crippen molar-refractivity contribution in [1.82, 2.24) is 4.90 Å². The van der Waals surface area contributed by atoms with Gasteiger partial charge in [-0.1, -0.05) is 30.1 Å². The third-order valence-corrected chi connectivity index (χ3v) is 3.86. The Morgan fingerprint density at radius 2 is 2.26 bits per heavy atom. The lowest BCUT2D eigenvalue weighted by atomic mass is 10.0. The number of hydrogen-bond donors (Lipinski definition) is 1. The van der Waals surface area contributed by atoms with Crippen LogP contribution in [0, 0.1) is 5.92 Å². The van der Waals surface area contributed by atoms with Crippen molar-refractivity contribution in [2.24, 2.45) is 5.92 Å². The van der Waals surface area contributed by atoms with Gasteiger partial charge >= 0.3 is 0 Å². The minimum atomic E-state index is -0.0293. The Bertz CT molecular complexity index is 465. The molecule has 5 heteroatoms. The van der Waals surface area contributed by atoms with Crippen LogP contribution in [0.25, 0.3) is 0 Å². The van der Waals surface area contributed by atoms with E-state index in [1.165, 1.54) is 6.42 Å². The van der Waals surface area contributed by atoms with Crippen molar-refractivity contribution in [1.29, 1.82) is 0 Å². The van der Waals surface area contributed by atoms with E-state index < -0.39 is 0 Å². The molecule has 0 aliphatic carbocycles. The summed E-state index contributed by atoms with van der Waals surface area (Å²) in [6, 6.07) is 5.06. The zero-order valence-electron chi connectivity index (χ0n) is 11.0. The summed E-state index contributed by atoms with van der Waals surface area (Å²) in [6.07, 6.45) is 2.41. The highest BCUT2D eigenvalue weighted by atomic mass is 35.5. The molecular weight excluding hydrogens is 283 g/mol. The highest BCUT2D eigenvalue weighted by Crippen LogP contribution is 2.25. The first-order chi connectivity index (χ1) is 9.04. The molecule has 1 saturated heterocycles. The highest BCUT2D eigenvalue weighted by molar-refractivity contribution is 6.36. The molecule has 0 saturated carbocycles. The van der Waals surface area contributed by atoms with Crippen molar-refractivity contribution in [3.8, 4) is 0 Å². The number of piperidine rings is 1. The van der Waals surface area contributed by atoms with Gasteiger partial charge in [0.2, 0.25) is 5.91 Å². The number of halogens is 2. The van der Waals surface area contributed by atoms with E-state index in [0.29, 0.717) is 28.2 Å². The second kappa shape index (κ2) is 6.60. The fourth-order valence-electron chi connectivity index (χ4n) is 2.41. The molecule has 0 spiro atoms. The molecule has 1 heterocycles. The fraction of sp³-hybridized carbons (Fsp3) is 0.500. The number of anilines is 1. The van der Waals surface area contributed by atoms with Gasteiger partial charge in [0, 0.05) is 11.6 Å². The van der Waals surface area contributed by atoms with Crippen LogP contribution in [0.5, 0.6) is 0 Å². The largest absolute Gasteiger partial charge is 0.324 e. The second-order valence-corrected chi connectivity index (χ2v) is 6.00. The van der Waals surface area contributed by atoms with E-state index in [9.17, 15) is 4.79 Å². The quantitative estimate of drug-likeness (QED) is 0.924. The van der Waals surface area contributed by atoms with E-state index in [2.05, 4.69) is 17.1 Å². The molecule has 1 N–H and O–H groups in total. The van der Waals surface area contributed by atoms with Crippen LogP contribution < -0.4 is 5.32 Å². The van der Waals surface area contributed by atoms with Crippen LogP contribution in [0.1, 0.15) is 19.8 Å². The summed E-state index contributed by atoms with van der Waals surface area (Å²) in [5.41, 5.74) is 0.612. The van der Waals surface area contributed by atoms with Crippen molar-refractivity contribution in [2.75, 3.05) is 25.0 Å². The lowest BCUT2D eigenvalue weighted by Crippen LogP contribution is -2.39. The SMILES string of the molecule is C[C@@H]1CCCN(CC(=O)Nc2ccc(Cl)cc2Cl)C1. The van der Waals surface area contributed by atoms with Gasteiger partial charge in [-0.05, 0) is 43.5 Å². The Balaban J connectivity index is 1.90. The average molecular weight is 301 g/mol. The summed E-state index contributed by atoms with van der Waals surface area (Å²) in [5, 5.41) is 3.86. The van der Waals surface area contributed by atoms with Gasteiger partial charge in [0.1, 0.15) is 0 Å². The number of amides is 1. The van der Waals surface area contributed by atoms with Gasteiger partial charge in [-0.2, -0.15) is 0 Å². The molecular formula is C14H18Cl2N2O. The van der Waals surface area contributed by atoms with Crippen LogP contribution in [0.15, 0.2) is 18.2 Å². The number of likely N-dealkylation sites (tertiary alicyclic amines) is 1. The molecule has 1 atom stereocenters. The Labute approximate surface area is 123 Å². The van der Waals surface area contributed by atoms with Crippen molar-refractivity contribution in [2.45, 2.75) is 19.8 Å². The summed E-state index contributed by atoms with van der Waals surface area (Å²) in [4.78, 5) is 14.2. The number of hydrogen-bond acceptors (Lipinski definition) is 2. The molecule has 1 amide bonds. The van der Waals surface area contributed by atoms with E-state index in [1.54, 1.807) is 18.2 Å². The van der Waals surface area contributed by atoms with E-state index in [1.807, 2.05) is 0 Å². The summed E-state index contributed by atoms with van der Waals surface area (Å²) >= 11 is 11.8. The Hall–Kier alpha value is -0.770. The summed E-state index contributed by atoms with van der Waals surface area (Å²) in [7, 11) is 0. The maximum atomic E-state index is 12.0. The van der Waals surface area contributed by atoms with Crippen LogP contribution in [0.3, 0.4) is 0 Å². The van der Waals surface area contributed by atoms with Gasteiger partial charge in [0.15, 0.2) is 0 Å². The number of rotatable bonds is 3. The Morgan fingerprint density at radius 3 is 2.95 bits per heavy atom. The van der Waals surface area contributed by atoms with Gasteiger partial charge in [0.25, 0.3) is 0 Å². The minimum absolute atomic E-state index is 0.0293. The Kier molecular flexibility index (Phi) is 5.08. The maximum Gasteiger partial charge on any atom is 0.238 e. The molecule has 1 fully saturated rings. The van der Waals surface area contributed by atoms with Gasteiger partial charge in [-0.15, -0.1) is 0 Å². The number of carbonyl (C=O) groups is 1. The van der Waals surface area contributed by atoms with Crippen molar-refractivity contribution in [3.63, 3.8) is 0 Å². The molecule has 0 unspecified atom stereocenters. The van der Waals surface area contributed by atoms with Gasteiger partial charge in [-0.25, -0.2) is 0 Å². The summed E-state index contributed by atoms with van der Waals surface area (Å²) < 4.78 is 0. The molecule has 0 radical (unpaired) electrons. The molecule has 1 aliphatic rings. The van der Waals surface area contributed by atoms with E-state index in [-0.39, 0.29) is 5.91 Å². The molecule has 0 aromatic heterocycles. The van der Waals surface area contributed by atoms with E-state index >= 15 is 0 Å². The summed E-state index contributed by atoms with van der Waals surface area (Å²) in [5.74, 6) is 0.638. The first-order valence-corrected chi connectivity index (χ1v) is 7.27. The fourth-order valence-corrected chi connectivity index (χ4v) is 2.87. The molecule has 1 aromatic rings. The van der Waals surface area contributed by atoms with Crippen molar-refractivity contribution in [3.05, 3.63) is 28.2 Å². The number of carbonyl (C=O) groups excluding carboxylic acids is 1. The third kappa shape index (κ3) is 4.37. The van der Waals surface area contributed by atoms with Crippen LogP contribution in [0.4, 0.5) is 5.69 Å². The normalized spacial score (nSPS) is 20.3. The molecule has 2 rings (SSSR count). The van der Waals surface area contributed by atoms with Gasteiger partial charge in [0.05, 0.1) is 17.3 Å².